The summed E-state index contributed by atoms with van der Waals surface area (Å²) in [7, 11) is -2.46. The lowest BCUT2D eigenvalue weighted by atomic mass is 10.3. The standard InChI is InChI=1S/C11H13Cl2NO4S/c1-18-11(15)3-2-6-14-19(16,17)10-7-8(12)4-5-9(10)13/h4-5,7,14H,2-3,6H2,1H3. The molecule has 0 bridgehead atoms. The van der Waals surface area contributed by atoms with Crippen molar-refractivity contribution in [2.24, 2.45) is 0 Å². The summed E-state index contributed by atoms with van der Waals surface area (Å²) in [5.74, 6) is -0.389. The molecule has 1 aromatic carbocycles. The molecule has 0 spiro atoms. The highest BCUT2D eigenvalue weighted by Gasteiger charge is 2.17. The van der Waals surface area contributed by atoms with Crippen LogP contribution in [0.2, 0.25) is 10.0 Å². The van der Waals surface area contributed by atoms with E-state index < -0.39 is 10.0 Å². The van der Waals surface area contributed by atoms with Gasteiger partial charge >= 0.3 is 5.97 Å². The van der Waals surface area contributed by atoms with Gasteiger partial charge in [-0.15, -0.1) is 0 Å². The van der Waals surface area contributed by atoms with Gasteiger partial charge in [0.1, 0.15) is 4.90 Å². The Morgan fingerprint density at radius 1 is 1.37 bits per heavy atom. The Bertz CT molecular complexity index is 560. The molecule has 0 aliphatic rings. The van der Waals surface area contributed by atoms with Crippen LogP contribution in [0.25, 0.3) is 0 Å². The first-order chi connectivity index (χ1) is 8.86. The van der Waals surface area contributed by atoms with Crippen molar-refractivity contribution in [2.75, 3.05) is 13.7 Å². The van der Waals surface area contributed by atoms with Crippen molar-refractivity contribution in [1.82, 2.24) is 4.72 Å². The highest BCUT2D eigenvalue weighted by Crippen LogP contribution is 2.24. The summed E-state index contributed by atoms with van der Waals surface area (Å²) in [5.41, 5.74) is 0. The minimum Gasteiger partial charge on any atom is -0.469 e. The average Bonchev–Trinajstić information content (AvgIpc) is 2.37. The molecular formula is C11H13Cl2NO4S. The fourth-order valence-electron chi connectivity index (χ4n) is 1.30. The second kappa shape index (κ2) is 7.09. The Labute approximate surface area is 121 Å². The summed E-state index contributed by atoms with van der Waals surface area (Å²) in [5, 5.41) is 0.365. The van der Waals surface area contributed by atoms with E-state index in [1.807, 2.05) is 0 Å². The summed E-state index contributed by atoms with van der Waals surface area (Å²) in [6, 6.07) is 4.18. The van der Waals surface area contributed by atoms with Crippen molar-refractivity contribution in [3.63, 3.8) is 0 Å². The fourth-order valence-corrected chi connectivity index (χ4v) is 3.14. The Morgan fingerprint density at radius 2 is 2.05 bits per heavy atom. The van der Waals surface area contributed by atoms with Crippen molar-refractivity contribution in [2.45, 2.75) is 17.7 Å². The van der Waals surface area contributed by atoms with Gasteiger partial charge in [0.05, 0.1) is 12.1 Å². The highest BCUT2D eigenvalue weighted by molar-refractivity contribution is 7.89. The van der Waals surface area contributed by atoms with Gasteiger partial charge in [-0.3, -0.25) is 4.79 Å². The van der Waals surface area contributed by atoms with Gasteiger partial charge in [0, 0.05) is 18.0 Å². The maximum Gasteiger partial charge on any atom is 0.305 e. The molecule has 0 amide bonds. The SMILES string of the molecule is COC(=O)CCCNS(=O)(=O)c1cc(Cl)ccc1Cl. The molecule has 0 atom stereocenters. The predicted molar refractivity (Wildman–Crippen MR) is 72.9 cm³/mol. The molecule has 0 unspecified atom stereocenters. The van der Waals surface area contributed by atoms with E-state index in [0.717, 1.165) is 0 Å². The lowest BCUT2D eigenvalue weighted by Gasteiger charge is -2.08. The molecule has 0 aromatic heterocycles. The molecule has 0 saturated carbocycles. The Hall–Kier alpha value is -0.820. The normalized spacial score (nSPS) is 11.3. The number of benzene rings is 1. The number of rotatable bonds is 6. The Morgan fingerprint density at radius 3 is 2.68 bits per heavy atom. The number of ether oxygens (including phenoxy) is 1. The van der Waals surface area contributed by atoms with E-state index in [1.165, 1.54) is 25.3 Å². The van der Waals surface area contributed by atoms with E-state index in [4.69, 9.17) is 23.2 Å². The Kier molecular flexibility index (Phi) is 6.06. The van der Waals surface area contributed by atoms with Gasteiger partial charge in [-0.1, -0.05) is 23.2 Å². The van der Waals surface area contributed by atoms with Crippen LogP contribution in [0.1, 0.15) is 12.8 Å². The lowest BCUT2D eigenvalue weighted by molar-refractivity contribution is -0.140. The number of hydrogen-bond acceptors (Lipinski definition) is 4. The molecule has 0 aliphatic carbocycles. The first-order valence-corrected chi connectivity index (χ1v) is 7.62. The smallest absolute Gasteiger partial charge is 0.305 e. The molecule has 19 heavy (non-hydrogen) atoms. The molecular weight excluding hydrogens is 313 g/mol. The van der Waals surface area contributed by atoms with E-state index in [1.54, 1.807) is 0 Å². The monoisotopic (exact) mass is 325 g/mol. The summed E-state index contributed by atoms with van der Waals surface area (Å²) in [6.45, 7) is 0.111. The van der Waals surface area contributed by atoms with Crippen molar-refractivity contribution in [3.8, 4) is 0 Å². The van der Waals surface area contributed by atoms with E-state index in [2.05, 4.69) is 9.46 Å². The van der Waals surface area contributed by atoms with Crippen LogP contribution >= 0.6 is 23.2 Å². The largest absolute Gasteiger partial charge is 0.469 e. The lowest BCUT2D eigenvalue weighted by Crippen LogP contribution is -2.25. The zero-order chi connectivity index (χ0) is 14.5. The van der Waals surface area contributed by atoms with Crippen LogP contribution in [-0.4, -0.2) is 28.0 Å². The van der Waals surface area contributed by atoms with Crippen LogP contribution in [0.5, 0.6) is 0 Å². The van der Waals surface area contributed by atoms with Crippen molar-refractivity contribution >= 4 is 39.2 Å². The third-order valence-electron chi connectivity index (χ3n) is 2.26. The van der Waals surface area contributed by atoms with Gasteiger partial charge in [0.15, 0.2) is 0 Å². The van der Waals surface area contributed by atoms with Gasteiger partial charge in [-0.2, -0.15) is 0 Å². The fraction of sp³-hybridized carbons (Fsp3) is 0.364. The number of halogens is 2. The zero-order valence-electron chi connectivity index (χ0n) is 10.2. The van der Waals surface area contributed by atoms with Crippen molar-refractivity contribution < 1.29 is 17.9 Å². The van der Waals surface area contributed by atoms with Crippen molar-refractivity contribution in [1.29, 1.82) is 0 Å². The molecule has 0 radical (unpaired) electrons. The molecule has 0 aliphatic heterocycles. The number of nitrogens with one attached hydrogen (secondary N) is 1. The summed E-state index contributed by atoms with van der Waals surface area (Å²) >= 11 is 11.5. The quantitative estimate of drug-likeness (QED) is 0.643. The molecule has 1 rings (SSSR count). The average molecular weight is 326 g/mol. The maximum absolute atomic E-state index is 11.9. The van der Waals surface area contributed by atoms with E-state index in [9.17, 15) is 13.2 Å². The molecule has 0 heterocycles. The van der Waals surface area contributed by atoms with Gasteiger partial charge in [0.2, 0.25) is 10.0 Å². The molecule has 5 nitrogen and oxygen atoms in total. The molecule has 106 valence electrons. The number of carbonyl (C=O) groups is 1. The van der Waals surface area contributed by atoms with Crippen LogP contribution in [-0.2, 0) is 19.6 Å². The van der Waals surface area contributed by atoms with Gasteiger partial charge in [-0.25, -0.2) is 13.1 Å². The summed E-state index contributed by atoms with van der Waals surface area (Å²) in [4.78, 5) is 10.8. The van der Waals surface area contributed by atoms with Crippen LogP contribution < -0.4 is 4.72 Å². The topological polar surface area (TPSA) is 72.5 Å². The number of sulfonamides is 1. The molecule has 8 heteroatoms. The van der Waals surface area contributed by atoms with Crippen LogP contribution in [0, 0.1) is 0 Å². The van der Waals surface area contributed by atoms with Crippen LogP contribution in [0.3, 0.4) is 0 Å². The molecule has 0 saturated heterocycles. The predicted octanol–water partition coefficient (Wildman–Crippen LogP) is 2.22. The molecule has 1 aromatic rings. The number of esters is 1. The molecule has 0 fully saturated rings. The first kappa shape index (κ1) is 16.2. The summed E-state index contributed by atoms with van der Waals surface area (Å²) in [6.07, 6.45) is 0.479. The van der Waals surface area contributed by atoms with E-state index >= 15 is 0 Å². The Balaban J connectivity index is 2.66. The third-order valence-corrected chi connectivity index (χ3v) is 4.44. The third kappa shape index (κ3) is 4.99. The van der Waals surface area contributed by atoms with Crippen LogP contribution in [0.15, 0.2) is 23.1 Å². The first-order valence-electron chi connectivity index (χ1n) is 5.38. The number of carbonyl (C=O) groups excluding carboxylic acids is 1. The van der Waals surface area contributed by atoms with E-state index in [0.29, 0.717) is 6.42 Å². The minimum atomic E-state index is -3.74. The second-order valence-corrected chi connectivity index (χ2v) is 6.23. The second-order valence-electron chi connectivity index (χ2n) is 3.65. The highest BCUT2D eigenvalue weighted by atomic mass is 35.5. The van der Waals surface area contributed by atoms with Gasteiger partial charge in [-0.05, 0) is 24.6 Å². The van der Waals surface area contributed by atoms with Gasteiger partial charge < -0.3 is 4.74 Å². The maximum atomic E-state index is 11.9. The van der Waals surface area contributed by atoms with E-state index in [-0.39, 0.29) is 33.9 Å². The van der Waals surface area contributed by atoms with Gasteiger partial charge in [0.25, 0.3) is 0 Å². The number of hydrogen-bond donors (Lipinski definition) is 1. The zero-order valence-corrected chi connectivity index (χ0v) is 12.5. The number of methoxy groups -OCH3 is 1. The molecule has 1 N–H and O–H groups in total. The van der Waals surface area contributed by atoms with Crippen LogP contribution in [0.4, 0.5) is 0 Å². The summed E-state index contributed by atoms with van der Waals surface area (Å²) < 4.78 is 30.7. The minimum absolute atomic E-state index is 0.0836. The van der Waals surface area contributed by atoms with Crippen molar-refractivity contribution in [3.05, 3.63) is 28.2 Å².